The lowest BCUT2D eigenvalue weighted by molar-refractivity contribution is 0.537. The van der Waals surface area contributed by atoms with Gasteiger partial charge < -0.3 is 0 Å². The van der Waals surface area contributed by atoms with Gasteiger partial charge in [-0.1, -0.05) is 7.48 Å². The molecule has 0 aromatic heterocycles. The molecule has 13 heavy (non-hydrogen) atoms. The highest BCUT2D eigenvalue weighted by Gasteiger charge is 2.36. The highest BCUT2D eigenvalue weighted by atomic mass is 32.3. The highest BCUT2D eigenvalue weighted by molar-refractivity contribution is 8.12. The zero-order chi connectivity index (χ0) is 10.5. The van der Waals surface area contributed by atoms with Gasteiger partial charge in [0.25, 0.3) is 0 Å². The van der Waals surface area contributed by atoms with Gasteiger partial charge in [-0.3, -0.25) is 0 Å². The molecule has 1 heterocycles. The molecule has 0 aromatic carbocycles. The molecule has 7 nitrogen and oxygen atoms in total. The summed E-state index contributed by atoms with van der Waals surface area (Å²) < 4.78 is 71.1. The van der Waals surface area contributed by atoms with Crippen LogP contribution in [0.15, 0.2) is 7.54 Å². The minimum atomic E-state index is -5.11. The Bertz CT molecular complexity index is 559. The van der Waals surface area contributed by atoms with Gasteiger partial charge in [0.2, 0.25) is 0 Å². The molecular formula is CH3F2N3O4S3. The van der Waals surface area contributed by atoms with Gasteiger partial charge in [-0.25, -0.2) is 0 Å². The molecule has 0 fully saturated rings. The summed E-state index contributed by atoms with van der Waals surface area (Å²) in [6.07, 6.45) is 0. The van der Waals surface area contributed by atoms with Crippen LogP contribution >= 0.6 is 0 Å². The Kier molecular flexibility index (Phi) is 2.14. The van der Waals surface area contributed by atoms with Crippen LogP contribution < -0.4 is 0 Å². The van der Waals surface area contributed by atoms with E-state index in [9.17, 15) is 24.6 Å². The summed E-state index contributed by atoms with van der Waals surface area (Å²) in [5.74, 6) is 0. The van der Waals surface area contributed by atoms with Crippen LogP contribution in [0.2, 0.25) is 0 Å². The Morgan fingerprint density at radius 2 is 1.54 bits per heavy atom. The van der Waals surface area contributed by atoms with Crippen molar-refractivity contribution >= 4 is 30.8 Å². The summed E-state index contributed by atoms with van der Waals surface area (Å²) in [4.78, 5) is 0. The molecule has 1 rings (SSSR count). The number of halogens is 2. The van der Waals surface area contributed by atoms with E-state index in [0.717, 1.165) is 0 Å². The van der Waals surface area contributed by atoms with Crippen LogP contribution in [0, 0.1) is 0 Å². The predicted molar refractivity (Wildman–Crippen MR) is 40.0 cm³/mol. The lowest BCUT2D eigenvalue weighted by atomic mass is 11.6. The lowest BCUT2D eigenvalue weighted by Gasteiger charge is -2.14. The van der Waals surface area contributed by atoms with Gasteiger partial charge in [0, 0.05) is 7.05 Å². The first-order chi connectivity index (χ1) is 5.57. The molecule has 0 bridgehead atoms. The van der Waals surface area contributed by atoms with E-state index in [4.69, 9.17) is 0 Å². The van der Waals surface area contributed by atoms with Gasteiger partial charge in [-0.15, -0.1) is 7.77 Å². The van der Waals surface area contributed by atoms with Crippen molar-refractivity contribution in [2.45, 2.75) is 0 Å². The van der Waals surface area contributed by atoms with Crippen LogP contribution in [0.1, 0.15) is 0 Å². The van der Waals surface area contributed by atoms with Crippen LogP contribution in [-0.4, -0.2) is 27.6 Å². The van der Waals surface area contributed by atoms with E-state index in [0.29, 0.717) is 7.05 Å². The second-order valence-electron chi connectivity index (χ2n) is 1.90. The minimum Gasteiger partial charge on any atom is -0.197 e. The standard InChI is InChI=1S/CH3F2N3O4S3/c1-6-12(3,8)4-11(2,7)5-13(6,9)10/h1H3. The minimum absolute atomic E-state index is 0.386. The molecule has 0 saturated heterocycles. The molecule has 0 spiro atoms. The van der Waals surface area contributed by atoms with Crippen LogP contribution in [0.3, 0.4) is 0 Å². The molecule has 2 unspecified atom stereocenters. The molecule has 0 saturated carbocycles. The maximum absolute atomic E-state index is 12.7. The lowest BCUT2D eigenvalue weighted by Crippen LogP contribution is -2.32. The fraction of sp³-hybridized carbons (Fsp3) is 1.00. The zero-order valence-electron chi connectivity index (χ0n) is 5.96. The molecule has 0 aromatic rings. The summed E-state index contributed by atoms with van der Waals surface area (Å²) in [7, 11) is -14.4. The normalized spacial score (nSPS) is 44.8. The SMILES string of the molecule is CN1S(=O)(=O)N=S(=O)(F)N=S1(=O)F. The van der Waals surface area contributed by atoms with E-state index in [1.54, 1.807) is 0 Å². The largest absolute Gasteiger partial charge is 0.347 e. The van der Waals surface area contributed by atoms with E-state index in [-0.39, 0.29) is 3.71 Å². The van der Waals surface area contributed by atoms with E-state index >= 15 is 0 Å². The summed E-state index contributed by atoms with van der Waals surface area (Å²) in [5.41, 5.74) is 0. The topological polar surface area (TPSA) is 96.2 Å². The summed E-state index contributed by atoms with van der Waals surface area (Å²) in [6, 6.07) is 0. The van der Waals surface area contributed by atoms with Crippen molar-refractivity contribution in [1.29, 1.82) is 0 Å². The molecule has 2 atom stereocenters. The number of nitrogens with zero attached hydrogens (tertiary/aromatic N) is 3. The third-order valence-electron chi connectivity index (χ3n) is 1.01. The van der Waals surface area contributed by atoms with Gasteiger partial charge in [-0.2, -0.15) is 16.8 Å². The average Bonchev–Trinajstić information content (AvgIpc) is 1.77. The first-order valence-corrected chi connectivity index (χ1v) is 6.66. The Balaban J connectivity index is 3.74. The summed E-state index contributed by atoms with van der Waals surface area (Å²) >= 11 is 0. The van der Waals surface area contributed by atoms with Gasteiger partial charge in [0.1, 0.15) is 0 Å². The monoisotopic (exact) mass is 255 g/mol. The molecule has 0 N–H and O–H groups in total. The van der Waals surface area contributed by atoms with Crippen molar-refractivity contribution in [2.24, 2.45) is 7.54 Å². The summed E-state index contributed by atoms with van der Waals surface area (Å²) in [5, 5.41) is 0. The second-order valence-corrected chi connectivity index (χ2v) is 7.04. The van der Waals surface area contributed by atoms with E-state index < -0.39 is 30.8 Å². The van der Waals surface area contributed by atoms with Crippen molar-refractivity contribution < 1.29 is 24.6 Å². The van der Waals surface area contributed by atoms with Crippen molar-refractivity contribution in [3.05, 3.63) is 0 Å². The van der Waals surface area contributed by atoms with E-state index in [1.165, 1.54) is 0 Å². The second kappa shape index (κ2) is 2.59. The quantitative estimate of drug-likeness (QED) is 0.555. The van der Waals surface area contributed by atoms with Crippen molar-refractivity contribution in [1.82, 2.24) is 3.71 Å². The first kappa shape index (κ1) is 10.7. The Hall–Kier alpha value is -0.330. The Morgan fingerprint density at radius 1 is 1.08 bits per heavy atom. The third kappa shape index (κ3) is 1.95. The van der Waals surface area contributed by atoms with Gasteiger partial charge in [-0.05, 0) is 3.77 Å². The van der Waals surface area contributed by atoms with Gasteiger partial charge in [0.15, 0.2) is 0 Å². The number of rotatable bonds is 0. The van der Waals surface area contributed by atoms with Crippen molar-refractivity contribution in [2.75, 3.05) is 7.05 Å². The molecule has 0 aliphatic carbocycles. The fourth-order valence-electron chi connectivity index (χ4n) is 0.453. The predicted octanol–water partition coefficient (Wildman–Crippen LogP) is -0.288. The Labute approximate surface area is 74.1 Å². The van der Waals surface area contributed by atoms with Gasteiger partial charge >= 0.3 is 30.8 Å². The number of hydrogen-bond acceptors (Lipinski definition) is 4. The molecule has 1 aliphatic rings. The van der Waals surface area contributed by atoms with Crippen molar-refractivity contribution in [3.63, 3.8) is 0 Å². The zero-order valence-corrected chi connectivity index (χ0v) is 8.40. The molecule has 1 aliphatic heterocycles. The smallest absolute Gasteiger partial charge is 0.197 e. The molecule has 0 amide bonds. The van der Waals surface area contributed by atoms with Crippen molar-refractivity contribution in [3.8, 4) is 0 Å². The molecule has 12 heteroatoms. The molecule has 78 valence electrons. The van der Waals surface area contributed by atoms with Crippen LogP contribution in [-0.2, 0) is 30.8 Å². The molecule has 0 radical (unpaired) electrons. The maximum atomic E-state index is 12.7. The van der Waals surface area contributed by atoms with E-state index in [2.05, 4.69) is 3.77 Å². The first-order valence-electron chi connectivity index (χ1n) is 2.52. The highest BCUT2D eigenvalue weighted by Crippen LogP contribution is 2.22. The Morgan fingerprint density at radius 3 is 1.92 bits per heavy atom. The summed E-state index contributed by atoms with van der Waals surface area (Å²) in [6.45, 7) is 0. The average molecular weight is 255 g/mol. The van der Waals surface area contributed by atoms with Gasteiger partial charge in [0.05, 0.1) is 0 Å². The van der Waals surface area contributed by atoms with Crippen LogP contribution in [0.5, 0.6) is 0 Å². The fourth-order valence-corrected chi connectivity index (χ4v) is 4.81. The van der Waals surface area contributed by atoms with Crippen LogP contribution in [0.25, 0.3) is 0 Å². The van der Waals surface area contributed by atoms with Crippen LogP contribution in [0.4, 0.5) is 7.77 Å². The molecular weight excluding hydrogens is 252 g/mol. The maximum Gasteiger partial charge on any atom is 0.347 e. The third-order valence-corrected chi connectivity index (χ3v) is 6.37. The van der Waals surface area contributed by atoms with E-state index in [1.807, 2.05) is 3.77 Å². The number of hydrogen-bond donors (Lipinski definition) is 0.